The van der Waals surface area contributed by atoms with Crippen LogP contribution in [0.2, 0.25) is 0 Å². The molecule has 1 aliphatic heterocycles. The maximum atomic E-state index is 14.9. The maximum absolute atomic E-state index is 14.9. The number of piperidine rings is 1. The zero-order chi connectivity index (χ0) is 27.5. The Labute approximate surface area is 226 Å². The molecule has 1 heterocycles. The number of hydrogen-bond acceptors (Lipinski definition) is 3. The van der Waals surface area contributed by atoms with E-state index in [1.54, 1.807) is 11.0 Å². The van der Waals surface area contributed by atoms with Gasteiger partial charge in [-0.15, -0.1) is 0 Å². The highest BCUT2D eigenvalue weighted by Crippen LogP contribution is 2.39. The topological polar surface area (TPSA) is 67.6 Å². The fourth-order valence-electron chi connectivity index (χ4n) is 5.87. The summed E-state index contributed by atoms with van der Waals surface area (Å²) in [5.41, 5.74) is 1.71. The Bertz CT molecular complexity index is 1510. The van der Waals surface area contributed by atoms with Gasteiger partial charge in [0.2, 0.25) is 0 Å². The molecule has 0 spiro atoms. The van der Waals surface area contributed by atoms with Crippen LogP contribution >= 0.6 is 0 Å². The van der Waals surface area contributed by atoms with E-state index in [2.05, 4.69) is 0 Å². The lowest BCUT2D eigenvalue weighted by atomic mass is 9.79. The third kappa shape index (κ3) is 5.28. The Kier molecular flexibility index (Phi) is 7.47. The van der Waals surface area contributed by atoms with Crippen LogP contribution in [0.5, 0.6) is 0 Å². The van der Waals surface area contributed by atoms with Crippen LogP contribution < -0.4 is 4.90 Å². The van der Waals surface area contributed by atoms with Crippen molar-refractivity contribution in [3.8, 4) is 6.07 Å². The second-order valence-electron chi connectivity index (χ2n) is 10.1. The Morgan fingerprint density at radius 2 is 1.72 bits per heavy atom. The molecule has 198 valence electrons. The standard InChI is InChI=1S/C32H29F2N3O2/c1-21(26-13-7-11-23-10-5-6-12-27(23)26)37(32(38)39)19-25-14-15-36(20-28(25)24-8-3-2-4-9-24)31-29(33)16-22(18-35)17-30(31)34/h2-13,16-17,21,25,28H,14-15,19-20H2,1H3,(H,38,39)/t21-,25?,28?/m1/s1. The summed E-state index contributed by atoms with van der Waals surface area (Å²) in [5, 5.41) is 21.4. The average Bonchev–Trinajstić information content (AvgIpc) is 2.95. The lowest BCUT2D eigenvalue weighted by Gasteiger charge is -2.42. The Hall–Kier alpha value is -4.44. The van der Waals surface area contributed by atoms with Gasteiger partial charge in [-0.25, -0.2) is 13.6 Å². The molecule has 4 aromatic carbocycles. The van der Waals surface area contributed by atoms with Gasteiger partial charge in [0, 0.05) is 25.6 Å². The van der Waals surface area contributed by atoms with Gasteiger partial charge in [-0.1, -0.05) is 72.8 Å². The van der Waals surface area contributed by atoms with Crippen molar-refractivity contribution < 1.29 is 18.7 Å². The number of nitrogens with zero attached hydrogens (tertiary/aromatic N) is 3. The number of carboxylic acid groups (broad SMARTS) is 1. The lowest BCUT2D eigenvalue weighted by Crippen LogP contribution is -2.46. The summed E-state index contributed by atoms with van der Waals surface area (Å²) in [5.74, 6) is -1.76. The number of benzene rings is 4. The van der Waals surface area contributed by atoms with E-state index in [0.717, 1.165) is 34.0 Å². The molecule has 0 aromatic heterocycles. The summed E-state index contributed by atoms with van der Waals surface area (Å²) in [6.07, 6.45) is -0.460. The van der Waals surface area contributed by atoms with E-state index in [4.69, 9.17) is 5.26 Å². The number of carbonyl (C=O) groups is 1. The van der Waals surface area contributed by atoms with Crippen molar-refractivity contribution in [3.05, 3.63) is 113 Å². The molecule has 7 heteroatoms. The summed E-state index contributed by atoms with van der Waals surface area (Å²) in [7, 11) is 0. The first kappa shape index (κ1) is 26.2. The smallest absolute Gasteiger partial charge is 0.407 e. The maximum Gasteiger partial charge on any atom is 0.407 e. The first-order chi connectivity index (χ1) is 18.9. The van der Waals surface area contributed by atoms with Crippen molar-refractivity contribution in [2.24, 2.45) is 5.92 Å². The first-order valence-electron chi connectivity index (χ1n) is 13.0. The summed E-state index contributed by atoms with van der Waals surface area (Å²) in [4.78, 5) is 15.8. The van der Waals surface area contributed by atoms with Gasteiger partial charge in [-0.05, 0) is 53.3 Å². The number of amides is 1. The number of nitriles is 1. The molecule has 2 unspecified atom stereocenters. The van der Waals surface area contributed by atoms with Crippen LogP contribution in [0, 0.1) is 28.9 Å². The van der Waals surface area contributed by atoms with Gasteiger partial charge in [0.05, 0.1) is 17.7 Å². The van der Waals surface area contributed by atoms with Crippen LogP contribution in [0.1, 0.15) is 42.0 Å². The van der Waals surface area contributed by atoms with Crippen molar-refractivity contribution in [3.63, 3.8) is 0 Å². The minimum absolute atomic E-state index is 0.0669. The number of halogens is 2. The van der Waals surface area contributed by atoms with Crippen LogP contribution in [0.15, 0.2) is 84.9 Å². The monoisotopic (exact) mass is 525 g/mol. The van der Waals surface area contributed by atoms with E-state index in [-0.39, 0.29) is 29.6 Å². The molecule has 1 N–H and O–H groups in total. The molecule has 0 saturated carbocycles. The van der Waals surface area contributed by atoms with E-state index in [1.165, 1.54) is 4.90 Å². The summed E-state index contributed by atoms with van der Waals surface area (Å²) >= 11 is 0. The molecule has 39 heavy (non-hydrogen) atoms. The van der Waals surface area contributed by atoms with Gasteiger partial charge in [-0.2, -0.15) is 5.26 Å². The van der Waals surface area contributed by atoms with Crippen molar-refractivity contribution in [1.29, 1.82) is 5.26 Å². The molecule has 5 rings (SSSR count). The SMILES string of the molecule is C[C@H](c1cccc2ccccc12)N(CC1CCN(c2c(F)cc(C#N)cc2F)CC1c1ccccc1)C(=O)O. The molecule has 1 fully saturated rings. The molecule has 0 radical (unpaired) electrons. The molecule has 5 nitrogen and oxygen atoms in total. The van der Waals surface area contributed by atoms with Crippen LogP contribution in [-0.4, -0.2) is 35.7 Å². The summed E-state index contributed by atoms with van der Waals surface area (Å²) in [6.45, 7) is 2.88. The highest BCUT2D eigenvalue weighted by molar-refractivity contribution is 5.86. The number of hydrogen-bond donors (Lipinski definition) is 1. The highest BCUT2D eigenvalue weighted by atomic mass is 19.1. The Morgan fingerprint density at radius 3 is 2.41 bits per heavy atom. The van der Waals surface area contributed by atoms with Crippen LogP contribution in [0.4, 0.5) is 19.3 Å². The van der Waals surface area contributed by atoms with Gasteiger partial charge >= 0.3 is 6.09 Å². The first-order valence-corrected chi connectivity index (χ1v) is 13.0. The second-order valence-corrected chi connectivity index (χ2v) is 10.1. The van der Waals surface area contributed by atoms with E-state index in [0.29, 0.717) is 19.5 Å². The molecule has 1 saturated heterocycles. The molecule has 0 aliphatic carbocycles. The van der Waals surface area contributed by atoms with Crippen molar-refractivity contribution >= 4 is 22.6 Å². The number of anilines is 1. The highest BCUT2D eigenvalue weighted by Gasteiger charge is 2.36. The molecule has 1 aliphatic rings. The summed E-state index contributed by atoms with van der Waals surface area (Å²) < 4.78 is 29.9. The van der Waals surface area contributed by atoms with E-state index in [9.17, 15) is 18.7 Å². The van der Waals surface area contributed by atoms with Crippen molar-refractivity contribution in [1.82, 2.24) is 4.90 Å². The summed E-state index contributed by atoms with van der Waals surface area (Å²) in [6, 6.07) is 27.1. The van der Waals surface area contributed by atoms with Gasteiger partial charge in [0.25, 0.3) is 0 Å². The molecule has 0 bridgehead atoms. The minimum Gasteiger partial charge on any atom is -0.465 e. The van der Waals surface area contributed by atoms with Gasteiger partial charge in [0.15, 0.2) is 11.6 Å². The van der Waals surface area contributed by atoms with Crippen LogP contribution in [-0.2, 0) is 0 Å². The third-order valence-corrected chi connectivity index (χ3v) is 7.86. The normalized spacial score (nSPS) is 17.9. The van der Waals surface area contributed by atoms with E-state index >= 15 is 0 Å². The molecule has 4 aromatic rings. The largest absolute Gasteiger partial charge is 0.465 e. The third-order valence-electron chi connectivity index (χ3n) is 7.86. The zero-order valence-corrected chi connectivity index (χ0v) is 21.6. The van der Waals surface area contributed by atoms with Crippen LogP contribution in [0.3, 0.4) is 0 Å². The fourth-order valence-corrected chi connectivity index (χ4v) is 5.87. The predicted octanol–water partition coefficient (Wildman–Crippen LogP) is 7.34. The Balaban J connectivity index is 1.46. The fraction of sp³-hybridized carbons (Fsp3) is 0.250. The quantitative estimate of drug-likeness (QED) is 0.286. The lowest BCUT2D eigenvalue weighted by molar-refractivity contribution is 0.111. The number of fused-ring (bicyclic) bond motifs is 1. The zero-order valence-electron chi connectivity index (χ0n) is 21.6. The van der Waals surface area contributed by atoms with Gasteiger partial charge in [-0.3, -0.25) is 0 Å². The van der Waals surface area contributed by atoms with Crippen LogP contribution in [0.25, 0.3) is 10.8 Å². The predicted molar refractivity (Wildman–Crippen MR) is 148 cm³/mol. The molecular weight excluding hydrogens is 496 g/mol. The Morgan fingerprint density at radius 1 is 1.05 bits per heavy atom. The van der Waals surface area contributed by atoms with Gasteiger partial charge in [0.1, 0.15) is 5.69 Å². The molecule has 1 amide bonds. The van der Waals surface area contributed by atoms with Crippen molar-refractivity contribution in [2.45, 2.75) is 25.3 Å². The van der Waals surface area contributed by atoms with Gasteiger partial charge < -0.3 is 14.9 Å². The minimum atomic E-state index is -1.01. The number of rotatable bonds is 6. The van der Waals surface area contributed by atoms with Crippen molar-refractivity contribution in [2.75, 3.05) is 24.5 Å². The van der Waals surface area contributed by atoms with E-state index in [1.807, 2.05) is 79.7 Å². The molecular formula is C32H29F2N3O2. The second kappa shape index (κ2) is 11.1. The average molecular weight is 526 g/mol. The molecule has 3 atom stereocenters. The van der Waals surface area contributed by atoms with E-state index < -0.39 is 23.8 Å².